The Bertz CT molecular complexity index is 999. The molecule has 31 heavy (non-hydrogen) atoms. The van der Waals surface area contributed by atoms with E-state index in [4.69, 9.17) is 4.74 Å². The number of carbonyl (C=O) groups excluding carboxylic acids is 1. The van der Waals surface area contributed by atoms with E-state index in [9.17, 15) is 14.3 Å². The SMILES string of the molecule is C[C@H](CO)N1C[C@H](C)[C@H](CN(C)C)Oc2ncc(C#Cc3ccccc3F)cc2C1=O. The largest absolute Gasteiger partial charge is 0.472 e. The van der Waals surface area contributed by atoms with E-state index in [0.717, 1.165) is 0 Å². The van der Waals surface area contributed by atoms with Crippen LogP contribution in [0, 0.1) is 23.6 Å². The molecule has 0 radical (unpaired) electrons. The Labute approximate surface area is 182 Å². The van der Waals surface area contributed by atoms with Crippen molar-refractivity contribution in [2.24, 2.45) is 5.92 Å². The average Bonchev–Trinajstić information content (AvgIpc) is 2.75. The normalized spacial score (nSPS) is 19.6. The number of aliphatic hydroxyl groups excluding tert-OH is 1. The van der Waals surface area contributed by atoms with Crippen LogP contribution in [-0.4, -0.2) is 71.7 Å². The third-order valence-corrected chi connectivity index (χ3v) is 5.28. The van der Waals surface area contributed by atoms with Gasteiger partial charge in [0, 0.05) is 30.8 Å². The summed E-state index contributed by atoms with van der Waals surface area (Å²) >= 11 is 0. The Kier molecular flexibility index (Phi) is 7.26. The lowest BCUT2D eigenvalue weighted by molar-refractivity contribution is 0.0348. The summed E-state index contributed by atoms with van der Waals surface area (Å²) in [6.07, 6.45) is 1.34. The molecule has 0 fully saturated rings. The summed E-state index contributed by atoms with van der Waals surface area (Å²) < 4.78 is 20.0. The minimum atomic E-state index is -0.405. The second-order valence-corrected chi connectivity index (χ2v) is 8.19. The van der Waals surface area contributed by atoms with Crippen LogP contribution >= 0.6 is 0 Å². The molecule has 6 nitrogen and oxygen atoms in total. The monoisotopic (exact) mass is 425 g/mol. The molecule has 0 spiro atoms. The fourth-order valence-corrected chi connectivity index (χ4v) is 3.45. The number of rotatable bonds is 4. The number of fused-ring (bicyclic) bond motifs is 1. The van der Waals surface area contributed by atoms with Gasteiger partial charge < -0.3 is 19.6 Å². The van der Waals surface area contributed by atoms with Crippen LogP contribution in [0.25, 0.3) is 0 Å². The predicted octanol–water partition coefficient (Wildman–Crippen LogP) is 2.40. The van der Waals surface area contributed by atoms with Crippen molar-refractivity contribution in [3.8, 4) is 17.7 Å². The van der Waals surface area contributed by atoms with Crippen molar-refractivity contribution in [2.75, 3.05) is 33.8 Å². The Morgan fingerprint density at radius 2 is 2.10 bits per heavy atom. The Morgan fingerprint density at radius 1 is 1.35 bits per heavy atom. The van der Waals surface area contributed by atoms with Gasteiger partial charge in [-0.1, -0.05) is 30.9 Å². The van der Waals surface area contributed by atoms with Gasteiger partial charge in [-0.25, -0.2) is 9.37 Å². The summed E-state index contributed by atoms with van der Waals surface area (Å²) in [6, 6.07) is 7.53. The molecule has 0 aliphatic carbocycles. The third-order valence-electron chi connectivity index (χ3n) is 5.28. The summed E-state index contributed by atoms with van der Waals surface area (Å²) in [5.41, 5.74) is 1.04. The highest BCUT2D eigenvalue weighted by molar-refractivity contribution is 5.97. The lowest BCUT2D eigenvalue weighted by atomic mass is 10.00. The van der Waals surface area contributed by atoms with Crippen molar-refractivity contribution in [3.63, 3.8) is 0 Å². The minimum absolute atomic E-state index is 0.0378. The number of hydrogen-bond acceptors (Lipinski definition) is 5. The van der Waals surface area contributed by atoms with Gasteiger partial charge in [0.15, 0.2) is 0 Å². The number of amides is 1. The Balaban J connectivity index is 2.02. The van der Waals surface area contributed by atoms with Crippen LogP contribution in [0.3, 0.4) is 0 Å². The number of nitrogens with zero attached hydrogens (tertiary/aromatic N) is 3. The maximum atomic E-state index is 13.9. The summed E-state index contributed by atoms with van der Waals surface area (Å²) in [6.45, 7) is 4.80. The number of hydrogen-bond donors (Lipinski definition) is 1. The van der Waals surface area contributed by atoms with Crippen molar-refractivity contribution < 1.29 is 19.0 Å². The van der Waals surface area contributed by atoms with Gasteiger partial charge in [-0.05, 0) is 39.2 Å². The third kappa shape index (κ3) is 5.40. The van der Waals surface area contributed by atoms with Crippen molar-refractivity contribution in [2.45, 2.75) is 26.0 Å². The first-order chi connectivity index (χ1) is 14.8. The highest BCUT2D eigenvalue weighted by Crippen LogP contribution is 2.27. The van der Waals surface area contributed by atoms with Gasteiger partial charge in [-0.15, -0.1) is 0 Å². The fourth-order valence-electron chi connectivity index (χ4n) is 3.45. The quantitative estimate of drug-likeness (QED) is 0.762. The lowest BCUT2D eigenvalue weighted by Gasteiger charge is -2.37. The van der Waals surface area contributed by atoms with E-state index < -0.39 is 5.82 Å². The number of pyridine rings is 1. The van der Waals surface area contributed by atoms with Gasteiger partial charge in [0.05, 0.1) is 18.2 Å². The molecule has 3 rings (SSSR count). The van der Waals surface area contributed by atoms with Crippen LogP contribution in [0.4, 0.5) is 4.39 Å². The molecule has 2 aromatic rings. The van der Waals surface area contributed by atoms with Gasteiger partial charge in [-0.3, -0.25) is 4.79 Å². The van der Waals surface area contributed by atoms with Crippen molar-refractivity contribution in [3.05, 3.63) is 59.0 Å². The van der Waals surface area contributed by atoms with E-state index in [2.05, 4.69) is 16.8 Å². The first-order valence-electron chi connectivity index (χ1n) is 10.3. The number of aromatic nitrogens is 1. The van der Waals surface area contributed by atoms with Gasteiger partial charge in [0.1, 0.15) is 17.5 Å². The van der Waals surface area contributed by atoms with E-state index in [1.54, 1.807) is 29.2 Å². The van der Waals surface area contributed by atoms with E-state index >= 15 is 0 Å². The van der Waals surface area contributed by atoms with Crippen LogP contribution in [0.5, 0.6) is 5.88 Å². The second kappa shape index (κ2) is 9.90. The van der Waals surface area contributed by atoms with Gasteiger partial charge in [-0.2, -0.15) is 0 Å². The number of benzene rings is 1. The highest BCUT2D eigenvalue weighted by atomic mass is 19.1. The average molecular weight is 426 g/mol. The minimum Gasteiger partial charge on any atom is -0.472 e. The second-order valence-electron chi connectivity index (χ2n) is 8.19. The highest BCUT2D eigenvalue weighted by Gasteiger charge is 2.33. The summed E-state index contributed by atoms with van der Waals surface area (Å²) in [5.74, 6) is 5.28. The molecular formula is C24H28FN3O3. The zero-order chi connectivity index (χ0) is 22.5. The van der Waals surface area contributed by atoms with Crippen LogP contribution in [0.15, 0.2) is 36.5 Å². The first-order valence-corrected chi connectivity index (χ1v) is 10.3. The first kappa shape index (κ1) is 22.7. The molecule has 164 valence electrons. The standard InChI is InChI=1S/C24H28FN3O3/c1-16-13-28(17(2)15-29)24(30)20-11-18(9-10-19-7-5-6-8-21(19)25)12-26-23(20)31-22(16)14-27(3)4/h5-8,11-12,16-17,22,29H,13-15H2,1-4H3/t16-,17+,22-/m0/s1. The van der Waals surface area contributed by atoms with Crippen molar-refractivity contribution >= 4 is 5.91 Å². The molecule has 0 saturated carbocycles. The molecular weight excluding hydrogens is 397 g/mol. The lowest BCUT2D eigenvalue weighted by Crippen LogP contribution is -2.49. The van der Waals surface area contributed by atoms with Gasteiger partial charge in [0.25, 0.3) is 5.91 Å². The maximum Gasteiger partial charge on any atom is 0.259 e. The molecule has 1 aromatic heterocycles. The molecule has 1 N–H and O–H groups in total. The smallest absolute Gasteiger partial charge is 0.259 e. The molecule has 2 heterocycles. The van der Waals surface area contributed by atoms with E-state index in [-0.39, 0.29) is 47.6 Å². The molecule has 1 aliphatic rings. The molecule has 1 amide bonds. The van der Waals surface area contributed by atoms with Gasteiger partial charge in [0.2, 0.25) is 5.88 Å². The van der Waals surface area contributed by atoms with Gasteiger partial charge >= 0.3 is 0 Å². The maximum absolute atomic E-state index is 13.9. The summed E-state index contributed by atoms with van der Waals surface area (Å²) in [5, 5.41) is 9.70. The number of halogens is 1. The number of aliphatic hydroxyl groups is 1. The summed E-state index contributed by atoms with van der Waals surface area (Å²) in [7, 11) is 3.92. The zero-order valence-corrected chi connectivity index (χ0v) is 18.3. The number of carbonyl (C=O) groups is 1. The van der Waals surface area contributed by atoms with Crippen LogP contribution < -0.4 is 4.74 Å². The molecule has 1 aliphatic heterocycles. The van der Waals surface area contributed by atoms with Crippen LogP contribution in [0.2, 0.25) is 0 Å². The molecule has 3 atom stereocenters. The Hall–Kier alpha value is -2.95. The topological polar surface area (TPSA) is 65.9 Å². The van der Waals surface area contributed by atoms with Crippen molar-refractivity contribution in [1.29, 1.82) is 0 Å². The van der Waals surface area contributed by atoms with Crippen molar-refractivity contribution in [1.82, 2.24) is 14.8 Å². The predicted molar refractivity (Wildman–Crippen MR) is 116 cm³/mol. The summed E-state index contributed by atoms with van der Waals surface area (Å²) in [4.78, 5) is 21.4. The fraction of sp³-hybridized carbons (Fsp3) is 0.417. The number of likely N-dealkylation sites (N-methyl/N-ethyl adjacent to an activating group) is 1. The molecule has 1 aromatic carbocycles. The zero-order valence-electron chi connectivity index (χ0n) is 18.3. The molecule has 0 bridgehead atoms. The van der Waals surface area contributed by atoms with E-state index in [1.165, 1.54) is 12.3 Å². The molecule has 0 saturated heterocycles. The number of ether oxygens (including phenoxy) is 1. The Morgan fingerprint density at radius 3 is 2.77 bits per heavy atom. The molecule has 7 heteroatoms. The molecule has 0 unspecified atom stereocenters. The van der Waals surface area contributed by atoms with E-state index in [1.807, 2.05) is 32.8 Å². The van der Waals surface area contributed by atoms with Crippen LogP contribution in [-0.2, 0) is 0 Å². The van der Waals surface area contributed by atoms with E-state index in [0.29, 0.717) is 18.7 Å². The van der Waals surface area contributed by atoms with Crippen LogP contribution in [0.1, 0.15) is 35.3 Å².